The first-order chi connectivity index (χ1) is 15.6. The lowest BCUT2D eigenvalue weighted by atomic mass is 10.1. The van der Waals surface area contributed by atoms with Gasteiger partial charge in [0.05, 0.1) is 31.4 Å². The average Bonchev–Trinajstić information content (AvgIpc) is 3.40. The number of nitrogens with zero attached hydrogens (tertiary/aromatic N) is 4. The van der Waals surface area contributed by atoms with Gasteiger partial charge in [-0.15, -0.1) is 0 Å². The number of fused-ring (bicyclic) bond motifs is 1. The highest BCUT2D eigenvalue weighted by atomic mass is 16.5. The molecule has 0 radical (unpaired) electrons. The zero-order valence-corrected chi connectivity index (χ0v) is 18.1. The molecular weight excluding hydrogens is 408 g/mol. The highest BCUT2D eigenvalue weighted by Gasteiger charge is 2.35. The lowest BCUT2D eigenvalue weighted by Crippen LogP contribution is -2.42. The standard InChI is InChI=1S/C24H26N4O4/c1-31-19-8-6-18(7-9-19)27-15-17(14-22(27)29)24-25-20-4-2-3-5-21(20)28(24)16-23(30)26-10-12-32-13-11-26/h2-9,17H,10-16H2,1H3/t17-/m0/s1. The van der Waals surface area contributed by atoms with Crippen LogP contribution in [-0.2, 0) is 20.9 Å². The molecule has 2 fully saturated rings. The molecule has 0 aliphatic carbocycles. The number of ether oxygens (including phenoxy) is 2. The van der Waals surface area contributed by atoms with Crippen molar-refractivity contribution in [2.75, 3.05) is 44.9 Å². The number of carbonyl (C=O) groups excluding carboxylic acids is 2. The fourth-order valence-corrected chi connectivity index (χ4v) is 4.51. The minimum absolute atomic E-state index is 0.0500. The van der Waals surface area contributed by atoms with Gasteiger partial charge in [0.25, 0.3) is 0 Å². The van der Waals surface area contributed by atoms with E-state index in [2.05, 4.69) is 0 Å². The Labute approximate surface area is 186 Å². The van der Waals surface area contributed by atoms with Crippen LogP contribution in [0.25, 0.3) is 11.0 Å². The van der Waals surface area contributed by atoms with E-state index in [-0.39, 0.29) is 24.3 Å². The number of benzene rings is 2. The smallest absolute Gasteiger partial charge is 0.242 e. The summed E-state index contributed by atoms with van der Waals surface area (Å²) in [6, 6.07) is 15.3. The summed E-state index contributed by atoms with van der Waals surface area (Å²) in [5, 5.41) is 0. The van der Waals surface area contributed by atoms with E-state index in [1.807, 2.05) is 58.0 Å². The van der Waals surface area contributed by atoms with E-state index in [1.165, 1.54) is 0 Å². The number of amides is 2. The molecule has 2 aliphatic heterocycles. The maximum absolute atomic E-state index is 13.0. The number of hydrogen-bond donors (Lipinski definition) is 0. The van der Waals surface area contributed by atoms with Gasteiger partial charge in [0.1, 0.15) is 18.1 Å². The van der Waals surface area contributed by atoms with Crippen LogP contribution in [0.2, 0.25) is 0 Å². The summed E-state index contributed by atoms with van der Waals surface area (Å²) in [6.07, 6.45) is 0.362. The summed E-state index contributed by atoms with van der Waals surface area (Å²) < 4.78 is 12.6. The number of carbonyl (C=O) groups is 2. The van der Waals surface area contributed by atoms with Crippen LogP contribution in [0.1, 0.15) is 18.2 Å². The number of para-hydroxylation sites is 2. The lowest BCUT2D eigenvalue weighted by Gasteiger charge is -2.27. The fraction of sp³-hybridized carbons (Fsp3) is 0.375. The first-order valence-corrected chi connectivity index (χ1v) is 10.9. The zero-order valence-electron chi connectivity index (χ0n) is 18.1. The molecule has 2 amide bonds. The molecule has 32 heavy (non-hydrogen) atoms. The molecule has 0 saturated carbocycles. The Morgan fingerprint density at radius 2 is 1.88 bits per heavy atom. The molecule has 166 valence electrons. The molecule has 1 atom stereocenters. The number of hydrogen-bond acceptors (Lipinski definition) is 5. The number of imidazole rings is 1. The van der Waals surface area contributed by atoms with Crippen LogP contribution < -0.4 is 9.64 Å². The van der Waals surface area contributed by atoms with Crippen molar-refractivity contribution in [1.29, 1.82) is 0 Å². The summed E-state index contributed by atoms with van der Waals surface area (Å²) in [7, 11) is 1.62. The molecule has 2 aliphatic rings. The number of morpholine rings is 1. The lowest BCUT2D eigenvalue weighted by molar-refractivity contribution is -0.135. The summed E-state index contributed by atoms with van der Waals surface area (Å²) in [5.41, 5.74) is 2.59. The minimum Gasteiger partial charge on any atom is -0.497 e. The summed E-state index contributed by atoms with van der Waals surface area (Å²) in [6.45, 7) is 3.08. The molecule has 5 rings (SSSR count). The normalized spacial score (nSPS) is 19.0. The predicted octanol–water partition coefficient (Wildman–Crippen LogP) is 2.42. The molecule has 0 spiro atoms. The van der Waals surface area contributed by atoms with Crippen LogP contribution in [0.3, 0.4) is 0 Å². The Morgan fingerprint density at radius 1 is 1.12 bits per heavy atom. The van der Waals surface area contributed by atoms with Gasteiger partial charge in [0.15, 0.2) is 0 Å². The van der Waals surface area contributed by atoms with Crippen molar-refractivity contribution in [2.24, 2.45) is 0 Å². The second-order valence-corrected chi connectivity index (χ2v) is 8.14. The van der Waals surface area contributed by atoms with Crippen molar-refractivity contribution in [1.82, 2.24) is 14.5 Å². The van der Waals surface area contributed by atoms with Crippen LogP contribution in [0.4, 0.5) is 5.69 Å². The Bertz CT molecular complexity index is 1130. The molecule has 0 N–H and O–H groups in total. The summed E-state index contributed by atoms with van der Waals surface area (Å²) in [5.74, 6) is 1.55. The van der Waals surface area contributed by atoms with E-state index in [1.54, 1.807) is 12.0 Å². The molecule has 8 heteroatoms. The van der Waals surface area contributed by atoms with Crippen LogP contribution >= 0.6 is 0 Å². The minimum atomic E-state index is -0.0884. The van der Waals surface area contributed by atoms with Gasteiger partial charge in [-0.1, -0.05) is 12.1 Å². The van der Waals surface area contributed by atoms with Gasteiger partial charge < -0.3 is 23.8 Å². The van der Waals surface area contributed by atoms with Gasteiger partial charge in [-0.3, -0.25) is 9.59 Å². The van der Waals surface area contributed by atoms with Crippen molar-refractivity contribution < 1.29 is 19.1 Å². The van der Waals surface area contributed by atoms with Crippen molar-refractivity contribution >= 4 is 28.5 Å². The van der Waals surface area contributed by atoms with Gasteiger partial charge in [-0.2, -0.15) is 0 Å². The maximum atomic E-state index is 13.0. The average molecular weight is 434 g/mol. The van der Waals surface area contributed by atoms with Crippen molar-refractivity contribution in [2.45, 2.75) is 18.9 Å². The Kier molecular flexibility index (Phi) is 5.53. The van der Waals surface area contributed by atoms with Gasteiger partial charge in [0, 0.05) is 37.7 Å². The second-order valence-electron chi connectivity index (χ2n) is 8.14. The highest BCUT2D eigenvalue weighted by Crippen LogP contribution is 2.33. The maximum Gasteiger partial charge on any atom is 0.242 e. The Balaban J connectivity index is 1.43. The molecule has 1 aromatic heterocycles. The van der Waals surface area contributed by atoms with Crippen LogP contribution in [-0.4, -0.2) is 66.2 Å². The molecular formula is C24H26N4O4. The first-order valence-electron chi connectivity index (χ1n) is 10.9. The fourth-order valence-electron chi connectivity index (χ4n) is 4.51. The molecule has 3 heterocycles. The quantitative estimate of drug-likeness (QED) is 0.617. The second kappa shape index (κ2) is 8.63. The van der Waals surface area contributed by atoms with E-state index in [0.29, 0.717) is 39.3 Å². The highest BCUT2D eigenvalue weighted by molar-refractivity contribution is 5.96. The predicted molar refractivity (Wildman–Crippen MR) is 120 cm³/mol. The molecule has 0 unspecified atom stereocenters. The zero-order chi connectivity index (χ0) is 22.1. The van der Waals surface area contributed by atoms with E-state index in [9.17, 15) is 9.59 Å². The van der Waals surface area contributed by atoms with E-state index in [0.717, 1.165) is 28.3 Å². The van der Waals surface area contributed by atoms with Crippen LogP contribution in [0.5, 0.6) is 5.75 Å². The number of methoxy groups -OCH3 is 1. The van der Waals surface area contributed by atoms with Crippen molar-refractivity contribution in [3.63, 3.8) is 0 Å². The molecule has 2 saturated heterocycles. The third-order valence-electron chi connectivity index (χ3n) is 6.22. The van der Waals surface area contributed by atoms with E-state index < -0.39 is 0 Å². The largest absolute Gasteiger partial charge is 0.497 e. The van der Waals surface area contributed by atoms with E-state index in [4.69, 9.17) is 14.5 Å². The monoisotopic (exact) mass is 434 g/mol. The third kappa shape index (κ3) is 3.82. The molecule has 2 aromatic carbocycles. The number of anilines is 1. The Hall–Kier alpha value is -3.39. The number of rotatable bonds is 5. The van der Waals surface area contributed by atoms with Crippen molar-refractivity contribution in [3.05, 3.63) is 54.4 Å². The van der Waals surface area contributed by atoms with Crippen molar-refractivity contribution in [3.8, 4) is 5.75 Å². The van der Waals surface area contributed by atoms with Gasteiger partial charge in [-0.05, 0) is 36.4 Å². The molecule has 8 nitrogen and oxygen atoms in total. The van der Waals surface area contributed by atoms with Gasteiger partial charge in [-0.25, -0.2) is 4.98 Å². The molecule has 0 bridgehead atoms. The van der Waals surface area contributed by atoms with Gasteiger partial charge in [0.2, 0.25) is 11.8 Å². The summed E-state index contributed by atoms with van der Waals surface area (Å²) >= 11 is 0. The van der Waals surface area contributed by atoms with Crippen LogP contribution in [0, 0.1) is 0 Å². The number of aromatic nitrogens is 2. The first kappa shape index (κ1) is 20.5. The molecule has 3 aromatic rings. The SMILES string of the molecule is COc1ccc(N2C[C@@H](c3nc4ccccc4n3CC(=O)N3CCOCC3)CC2=O)cc1. The topological polar surface area (TPSA) is 76.9 Å². The summed E-state index contributed by atoms with van der Waals surface area (Å²) in [4.78, 5) is 34.4. The van der Waals surface area contributed by atoms with E-state index >= 15 is 0 Å². The Morgan fingerprint density at radius 3 is 2.62 bits per heavy atom. The van der Waals surface area contributed by atoms with Crippen LogP contribution in [0.15, 0.2) is 48.5 Å². The third-order valence-corrected chi connectivity index (χ3v) is 6.22. The van der Waals surface area contributed by atoms with Gasteiger partial charge >= 0.3 is 0 Å².